The minimum absolute atomic E-state index is 0.0981. The number of allylic oxidation sites excluding steroid dienone is 4. The maximum atomic E-state index is 9.35. The standard InChI is InChI=1S/C24H44O2/c1-3-4-5-8-13-21(2)14-11-16-23-18-12-17-22(23)15-9-6-7-10-19-24(26)20-25/h11-12,16,18,21-26H,3-10,13-15,17,19-20H2,1-2H3/t21-,22+,23+,24?/m1/s1. The summed E-state index contributed by atoms with van der Waals surface area (Å²) < 4.78 is 0. The third-order valence-corrected chi connectivity index (χ3v) is 5.86. The lowest BCUT2D eigenvalue weighted by Crippen LogP contribution is -2.11. The molecule has 0 aromatic heterocycles. The molecule has 0 radical (unpaired) electrons. The second-order valence-electron chi connectivity index (χ2n) is 8.45. The summed E-state index contributed by atoms with van der Waals surface area (Å²) in [6.45, 7) is 4.57. The molecule has 2 N–H and O–H groups in total. The van der Waals surface area contributed by atoms with Crippen LogP contribution in [0.2, 0.25) is 0 Å². The van der Waals surface area contributed by atoms with Crippen LogP contribution in [0.3, 0.4) is 0 Å². The topological polar surface area (TPSA) is 40.5 Å². The van der Waals surface area contributed by atoms with E-state index in [1.54, 1.807) is 0 Å². The molecule has 1 unspecified atom stereocenters. The van der Waals surface area contributed by atoms with Crippen molar-refractivity contribution >= 4 is 0 Å². The second kappa shape index (κ2) is 15.5. The van der Waals surface area contributed by atoms with Crippen LogP contribution in [0, 0.1) is 17.8 Å². The Balaban J connectivity index is 2.11. The highest BCUT2D eigenvalue weighted by atomic mass is 16.3. The van der Waals surface area contributed by atoms with Gasteiger partial charge < -0.3 is 10.2 Å². The Bertz CT molecular complexity index is 374. The van der Waals surface area contributed by atoms with Gasteiger partial charge in [-0.2, -0.15) is 0 Å². The first-order valence-corrected chi connectivity index (χ1v) is 11.3. The van der Waals surface area contributed by atoms with Gasteiger partial charge in [-0.1, -0.05) is 95.9 Å². The Morgan fingerprint density at radius 1 is 1.04 bits per heavy atom. The van der Waals surface area contributed by atoms with Crippen LogP contribution in [0.1, 0.15) is 97.3 Å². The molecule has 26 heavy (non-hydrogen) atoms. The smallest absolute Gasteiger partial charge is 0.0770 e. The molecule has 2 nitrogen and oxygen atoms in total. The highest BCUT2D eigenvalue weighted by Crippen LogP contribution is 2.31. The molecule has 0 aromatic carbocycles. The first-order chi connectivity index (χ1) is 12.7. The molecule has 0 spiro atoms. The fourth-order valence-corrected chi connectivity index (χ4v) is 3.99. The molecule has 0 amide bonds. The van der Waals surface area contributed by atoms with Gasteiger partial charge in [0.2, 0.25) is 0 Å². The molecule has 0 aliphatic heterocycles. The highest BCUT2D eigenvalue weighted by molar-refractivity contribution is 5.09. The van der Waals surface area contributed by atoms with Gasteiger partial charge in [0, 0.05) is 0 Å². The van der Waals surface area contributed by atoms with Crippen LogP contribution in [-0.4, -0.2) is 22.9 Å². The maximum absolute atomic E-state index is 9.35. The van der Waals surface area contributed by atoms with Crippen LogP contribution in [0.4, 0.5) is 0 Å². The summed E-state index contributed by atoms with van der Waals surface area (Å²) in [6.07, 6.45) is 25.3. The van der Waals surface area contributed by atoms with Crippen molar-refractivity contribution in [1.82, 2.24) is 0 Å². The molecule has 2 heteroatoms. The van der Waals surface area contributed by atoms with Crippen molar-refractivity contribution in [2.75, 3.05) is 6.61 Å². The summed E-state index contributed by atoms with van der Waals surface area (Å²) in [7, 11) is 0. The zero-order valence-electron chi connectivity index (χ0n) is 17.4. The van der Waals surface area contributed by atoms with Crippen molar-refractivity contribution in [3.05, 3.63) is 24.3 Å². The molecule has 1 rings (SSSR count). The van der Waals surface area contributed by atoms with E-state index in [1.165, 1.54) is 70.6 Å². The van der Waals surface area contributed by atoms with Gasteiger partial charge in [-0.05, 0) is 43.4 Å². The number of aliphatic hydroxyl groups is 2. The highest BCUT2D eigenvalue weighted by Gasteiger charge is 2.19. The molecule has 0 aromatic rings. The Hall–Kier alpha value is -0.600. The number of hydrogen-bond acceptors (Lipinski definition) is 2. The average Bonchev–Trinajstić information content (AvgIpc) is 3.08. The monoisotopic (exact) mass is 364 g/mol. The van der Waals surface area contributed by atoms with Gasteiger partial charge in [0.15, 0.2) is 0 Å². The number of aliphatic hydroxyl groups excluding tert-OH is 2. The van der Waals surface area contributed by atoms with E-state index in [4.69, 9.17) is 5.11 Å². The van der Waals surface area contributed by atoms with Crippen LogP contribution < -0.4 is 0 Å². The minimum atomic E-state index is -0.516. The number of unbranched alkanes of at least 4 members (excludes halogenated alkanes) is 6. The molecule has 0 fully saturated rings. The van der Waals surface area contributed by atoms with Gasteiger partial charge in [-0.25, -0.2) is 0 Å². The molecule has 1 aliphatic carbocycles. The molecule has 1 aliphatic rings. The summed E-state index contributed by atoms with van der Waals surface area (Å²) >= 11 is 0. The van der Waals surface area contributed by atoms with Crippen molar-refractivity contribution in [2.45, 2.75) is 103 Å². The first kappa shape index (κ1) is 23.4. The van der Waals surface area contributed by atoms with Gasteiger partial charge in [-0.15, -0.1) is 0 Å². The van der Waals surface area contributed by atoms with E-state index in [0.29, 0.717) is 5.92 Å². The fraction of sp³-hybridized carbons (Fsp3) is 0.833. The van der Waals surface area contributed by atoms with E-state index < -0.39 is 6.10 Å². The Kier molecular flexibility index (Phi) is 13.9. The van der Waals surface area contributed by atoms with E-state index in [0.717, 1.165) is 24.7 Å². The summed E-state index contributed by atoms with van der Waals surface area (Å²) in [5.74, 6) is 2.27. The van der Waals surface area contributed by atoms with Gasteiger partial charge in [0.25, 0.3) is 0 Å². The van der Waals surface area contributed by atoms with Crippen molar-refractivity contribution in [2.24, 2.45) is 17.8 Å². The summed E-state index contributed by atoms with van der Waals surface area (Å²) in [4.78, 5) is 0. The summed E-state index contributed by atoms with van der Waals surface area (Å²) in [5, 5.41) is 18.2. The Labute approximate surface area is 162 Å². The molecule has 0 saturated carbocycles. The SMILES string of the molecule is CCCCCC[C@@H](C)CC=C[C@H]1C=CC[C@@H]1CCCCCCC(O)CO. The van der Waals surface area contributed by atoms with Crippen LogP contribution in [0.25, 0.3) is 0 Å². The Morgan fingerprint density at radius 2 is 1.77 bits per heavy atom. The van der Waals surface area contributed by atoms with E-state index in [2.05, 4.69) is 38.2 Å². The predicted molar refractivity (Wildman–Crippen MR) is 113 cm³/mol. The number of rotatable bonds is 16. The van der Waals surface area contributed by atoms with E-state index in [-0.39, 0.29) is 6.61 Å². The lowest BCUT2D eigenvalue weighted by molar-refractivity contribution is 0.0859. The maximum Gasteiger partial charge on any atom is 0.0770 e. The zero-order valence-corrected chi connectivity index (χ0v) is 17.4. The lowest BCUT2D eigenvalue weighted by atomic mass is 9.89. The van der Waals surface area contributed by atoms with Crippen molar-refractivity contribution < 1.29 is 10.2 Å². The fourth-order valence-electron chi connectivity index (χ4n) is 3.99. The molecular weight excluding hydrogens is 320 g/mol. The van der Waals surface area contributed by atoms with Gasteiger partial charge in [0.05, 0.1) is 12.7 Å². The normalized spacial score (nSPS) is 22.3. The minimum Gasteiger partial charge on any atom is -0.394 e. The third kappa shape index (κ3) is 11.2. The van der Waals surface area contributed by atoms with E-state index >= 15 is 0 Å². The summed E-state index contributed by atoms with van der Waals surface area (Å²) in [6, 6.07) is 0. The lowest BCUT2D eigenvalue weighted by Gasteiger charge is -2.16. The van der Waals surface area contributed by atoms with Gasteiger partial charge in [0.1, 0.15) is 0 Å². The number of hydrogen-bond donors (Lipinski definition) is 2. The largest absolute Gasteiger partial charge is 0.394 e. The van der Waals surface area contributed by atoms with Gasteiger partial charge >= 0.3 is 0 Å². The van der Waals surface area contributed by atoms with Crippen molar-refractivity contribution in [3.63, 3.8) is 0 Å². The first-order valence-electron chi connectivity index (χ1n) is 11.3. The second-order valence-corrected chi connectivity index (χ2v) is 8.45. The molecule has 0 saturated heterocycles. The molecule has 0 bridgehead atoms. The van der Waals surface area contributed by atoms with Crippen LogP contribution in [0.15, 0.2) is 24.3 Å². The molecule has 152 valence electrons. The van der Waals surface area contributed by atoms with Crippen LogP contribution >= 0.6 is 0 Å². The van der Waals surface area contributed by atoms with Gasteiger partial charge in [-0.3, -0.25) is 0 Å². The molecular formula is C24H44O2. The van der Waals surface area contributed by atoms with Crippen LogP contribution in [-0.2, 0) is 0 Å². The van der Waals surface area contributed by atoms with Crippen LogP contribution in [0.5, 0.6) is 0 Å². The van der Waals surface area contributed by atoms with E-state index in [1.807, 2.05) is 0 Å². The molecule has 0 heterocycles. The third-order valence-electron chi connectivity index (χ3n) is 5.86. The quantitative estimate of drug-likeness (QED) is 0.245. The van der Waals surface area contributed by atoms with Crippen molar-refractivity contribution in [1.29, 1.82) is 0 Å². The van der Waals surface area contributed by atoms with Crippen molar-refractivity contribution in [3.8, 4) is 0 Å². The summed E-state index contributed by atoms with van der Waals surface area (Å²) in [5.41, 5.74) is 0. The molecule has 4 atom stereocenters. The zero-order chi connectivity index (χ0) is 19.0. The van der Waals surface area contributed by atoms with E-state index in [9.17, 15) is 5.11 Å². The predicted octanol–water partition coefficient (Wildman–Crippen LogP) is 6.43. The average molecular weight is 365 g/mol. The Morgan fingerprint density at radius 3 is 2.54 bits per heavy atom.